The van der Waals surface area contributed by atoms with Gasteiger partial charge in [0.1, 0.15) is 17.2 Å². The molecule has 0 saturated heterocycles. The zero-order valence-corrected chi connectivity index (χ0v) is 15.4. The summed E-state index contributed by atoms with van der Waals surface area (Å²) in [5.74, 6) is 1.14. The van der Waals surface area contributed by atoms with E-state index in [1.54, 1.807) is 0 Å². The molecule has 1 saturated carbocycles. The standard InChI is InChI=1S/C19H20IN3/c1-13-10-11-23-17(12-13)22-18(15-8-4-5-9-16(15)20)19(23)21-14-6-2-3-7-14/h4-5,8-12,14,21H,2-3,6-7H2,1H3. The molecule has 2 aromatic heterocycles. The Morgan fingerprint density at radius 3 is 2.74 bits per heavy atom. The molecular weight excluding hydrogens is 397 g/mol. The Morgan fingerprint density at radius 2 is 1.96 bits per heavy atom. The highest BCUT2D eigenvalue weighted by molar-refractivity contribution is 14.1. The van der Waals surface area contributed by atoms with E-state index in [1.807, 2.05) is 0 Å². The molecule has 3 aromatic rings. The van der Waals surface area contributed by atoms with Gasteiger partial charge in [-0.25, -0.2) is 4.98 Å². The molecule has 0 spiro atoms. The van der Waals surface area contributed by atoms with Gasteiger partial charge in [-0.05, 0) is 66.1 Å². The van der Waals surface area contributed by atoms with Crippen LogP contribution >= 0.6 is 22.6 Å². The van der Waals surface area contributed by atoms with Crippen molar-refractivity contribution in [1.82, 2.24) is 9.38 Å². The average molecular weight is 417 g/mol. The lowest BCUT2D eigenvalue weighted by atomic mass is 10.1. The van der Waals surface area contributed by atoms with Gasteiger partial charge in [-0.2, -0.15) is 0 Å². The Balaban J connectivity index is 1.89. The maximum absolute atomic E-state index is 4.94. The number of hydrogen-bond donors (Lipinski definition) is 1. The number of halogens is 1. The number of nitrogens with zero attached hydrogens (tertiary/aromatic N) is 2. The number of rotatable bonds is 3. The van der Waals surface area contributed by atoms with Crippen molar-refractivity contribution < 1.29 is 0 Å². The predicted molar refractivity (Wildman–Crippen MR) is 104 cm³/mol. The summed E-state index contributed by atoms with van der Waals surface area (Å²) >= 11 is 2.40. The van der Waals surface area contributed by atoms with Crippen molar-refractivity contribution in [3.8, 4) is 11.3 Å². The number of aromatic nitrogens is 2. The summed E-state index contributed by atoms with van der Waals surface area (Å²) in [5, 5.41) is 3.77. The van der Waals surface area contributed by atoms with Crippen LogP contribution in [0.1, 0.15) is 31.2 Å². The van der Waals surface area contributed by atoms with Crippen LogP contribution in [0.3, 0.4) is 0 Å². The summed E-state index contributed by atoms with van der Waals surface area (Å²) in [6.45, 7) is 2.12. The fraction of sp³-hybridized carbons (Fsp3) is 0.316. The summed E-state index contributed by atoms with van der Waals surface area (Å²) in [7, 11) is 0. The summed E-state index contributed by atoms with van der Waals surface area (Å²) in [6.07, 6.45) is 7.29. The molecule has 1 aliphatic carbocycles. The number of nitrogens with one attached hydrogen (secondary N) is 1. The quantitative estimate of drug-likeness (QED) is 0.589. The van der Waals surface area contributed by atoms with Gasteiger partial charge < -0.3 is 5.32 Å². The lowest BCUT2D eigenvalue weighted by molar-refractivity contribution is 0.749. The van der Waals surface area contributed by atoms with E-state index in [2.05, 4.69) is 81.8 Å². The number of aryl methyl sites for hydroxylation is 1. The molecule has 1 aliphatic rings. The Kier molecular flexibility index (Phi) is 4.01. The molecule has 3 nitrogen and oxygen atoms in total. The second-order valence-corrected chi connectivity index (χ2v) is 7.51. The molecule has 1 N–H and O–H groups in total. The summed E-state index contributed by atoms with van der Waals surface area (Å²) in [4.78, 5) is 4.94. The number of imidazole rings is 1. The summed E-state index contributed by atoms with van der Waals surface area (Å²) in [6, 6.07) is 13.3. The van der Waals surface area contributed by atoms with Crippen LogP contribution < -0.4 is 5.32 Å². The van der Waals surface area contributed by atoms with E-state index >= 15 is 0 Å². The van der Waals surface area contributed by atoms with Crippen LogP contribution in [0, 0.1) is 10.5 Å². The minimum absolute atomic E-state index is 0.566. The van der Waals surface area contributed by atoms with E-state index in [1.165, 1.54) is 40.4 Å². The first-order chi connectivity index (χ1) is 11.2. The van der Waals surface area contributed by atoms with E-state index in [-0.39, 0.29) is 0 Å². The fourth-order valence-electron chi connectivity index (χ4n) is 3.39. The SMILES string of the molecule is Cc1ccn2c(NC3CCCC3)c(-c3ccccc3I)nc2c1. The molecule has 0 bridgehead atoms. The minimum Gasteiger partial charge on any atom is -0.367 e. The molecule has 0 amide bonds. The molecule has 0 unspecified atom stereocenters. The van der Waals surface area contributed by atoms with Gasteiger partial charge in [0.2, 0.25) is 0 Å². The molecule has 4 rings (SSSR count). The third-order valence-electron chi connectivity index (χ3n) is 4.61. The maximum atomic E-state index is 4.94. The van der Waals surface area contributed by atoms with Crippen LogP contribution in [0.5, 0.6) is 0 Å². The van der Waals surface area contributed by atoms with E-state index < -0.39 is 0 Å². The molecule has 1 aromatic carbocycles. The second kappa shape index (κ2) is 6.15. The van der Waals surface area contributed by atoms with Crippen molar-refractivity contribution in [1.29, 1.82) is 0 Å². The normalized spacial score (nSPS) is 15.4. The first-order valence-corrected chi connectivity index (χ1v) is 9.30. The highest BCUT2D eigenvalue weighted by Crippen LogP contribution is 2.34. The van der Waals surface area contributed by atoms with E-state index in [0.29, 0.717) is 6.04 Å². The number of anilines is 1. The van der Waals surface area contributed by atoms with Gasteiger partial charge >= 0.3 is 0 Å². The van der Waals surface area contributed by atoms with Gasteiger partial charge in [-0.3, -0.25) is 4.40 Å². The predicted octanol–water partition coefficient (Wildman–Crippen LogP) is 5.27. The van der Waals surface area contributed by atoms with Crippen molar-refractivity contribution in [2.45, 2.75) is 38.6 Å². The Labute approximate surface area is 150 Å². The van der Waals surface area contributed by atoms with Gasteiger partial charge in [0.15, 0.2) is 0 Å². The van der Waals surface area contributed by atoms with Crippen LogP contribution in [0.15, 0.2) is 42.6 Å². The lowest BCUT2D eigenvalue weighted by Crippen LogP contribution is -2.16. The van der Waals surface area contributed by atoms with E-state index in [4.69, 9.17) is 4.98 Å². The number of hydrogen-bond acceptors (Lipinski definition) is 2. The van der Waals surface area contributed by atoms with Crippen molar-refractivity contribution >= 4 is 34.1 Å². The molecular formula is C19H20IN3. The first kappa shape index (κ1) is 15.0. The highest BCUT2D eigenvalue weighted by atomic mass is 127. The molecule has 0 atom stereocenters. The second-order valence-electron chi connectivity index (χ2n) is 6.35. The lowest BCUT2D eigenvalue weighted by Gasteiger charge is -2.15. The highest BCUT2D eigenvalue weighted by Gasteiger charge is 2.21. The zero-order chi connectivity index (χ0) is 15.8. The fourth-order valence-corrected chi connectivity index (χ4v) is 4.03. The molecule has 23 heavy (non-hydrogen) atoms. The van der Waals surface area contributed by atoms with E-state index in [0.717, 1.165) is 17.2 Å². The molecule has 118 valence electrons. The topological polar surface area (TPSA) is 29.3 Å². The van der Waals surface area contributed by atoms with Gasteiger partial charge in [-0.15, -0.1) is 0 Å². The van der Waals surface area contributed by atoms with Crippen LogP contribution in [-0.2, 0) is 0 Å². The molecule has 2 heterocycles. The zero-order valence-electron chi connectivity index (χ0n) is 13.2. The monoisotopic (exact) mass is 417 g/mol. The van der Waals surface area contributed by atoms with Gasteiger partial charge in [0, 0.05) is 21.4 Å². The molecule has 1 fully saturated rings. The van der Waals surface area contributed by atoms with Crippen LogP contribution in [-0.4, -0.2) is 15.4 Å². The van der Waals surface area contributed by atoms with Gasteiger partial charge in [-0.1, -0.05) is 31.0 Å². The minimum atomic E-state index is 0.566. The first-order valence-electron chi connectivity index (χ1n) is 8.22. The van der Waals surface area contributed by atoms with Crippen LogP contribution in [0.4, 0.5) is 5.82 Å². The average Bonchev–Trinajstić information content (AvgIpc) is 3.16. The number of pyridine rings is 1. The molecule has 0 radical (unpaired) electrons. The van der Waals surface area contributed by atoms with Crippen molar-refractivity contribution in [3.63, 3.8) is 0 Å². The number of fused-ring (bicyclic) bond motifs is 1. The van der Waals surface area contributed by atoms with Crippen LogP contribution in [0.2, 0.25) is 0 Å². The third kappa shape index (κ3) is 2.84. The van der Waals surface area contributed by atoms with Crippen molar-refractivity contribution in [2.24, 2.45) is 0 Å². The van der Waals surface area contributed by atoms with Crippen molar-refractivity contribution in [2.75, 3.05) is 5.32 Å². The number of benzene rings is 1. The Morgan fingerprint density at radius 1 is 1.17 bits per heavy atom. The van der Waals surface area contributed by atoms with Gasteiger partial charge in [0.05, 0.1) is 0 Å². The third-order valence-corrected chi connectivity index (χ3v) is 5.55. The van der Waals surface area contributed by atoms with E-state index in [9.17, 15) is 0 Å². The Bertz CT molecular complexity index is 847. The summed E-state index contributed by atoms with van der Waals surface area (Å²) < 4.78 is 3.43. The maximum Gasteiger partial charge on any atom is 0.139 e. The van der Waals surface area contributed by atoms with Crippen molar-refractivity contribution in [3.05, 3.63) is 51.7 Å². The largest absolute Gasteiger partial charge is 0.367 e. The summed E-state index contributed by atoms with van der Waals surface area (Å²) in [5.41, 5.74) is 4.52. The molecule has 4 heteroatoms. The van der Waals surface area contributed by atoms with Gasteiger partial charge in [0.25, 0.3) is 0 Å². The smallest absolute Gasteiger partial charge is 0.139 e. The van der Waals surface area contributed by atoms with Crippen LogP contribution in [0.25, 0.3) is 16.9 Å². The Hall–Kier alpha value is -1.56. The molecule has 0 aliphatic heterocycles.